The Morgan fingerprint density at radius 3 is 2.61 bits per heavy atom. The van der Waals surface area contributed by atoms with Crippen LogP contribution in [0.2, 0.25) is 0 Å². The highest BCUT2D eigenvalue weighted by molar-refractivity contribution is 7.09. The van der Waals surface area contributed by atoms with Crippen LogP contribution >= 0.6 is 22.9 Å². The average molecular weight is 303 g/mol. The lowest BCUT2D eigenvalue weighted by Crippen LogP contribution is -2.37. The van der Waals surface area contributed by atoms with Crippen molar-refractivity contribution in [3.8, 4) is 0 Å². The van der Waals surface area contributed by atoms with Crippen LogP contribution in [0.3, 0.4) is 0 Å². The third-order valence-corrected chi connectivity index (χ3v) is 3.43. The molecule has 0 aliphatic carbocycles. The highest BCUT2D eigenvalue weighted by atomic mass is 35.5. The summed E-state index contributed by atoms with van der Waals surface area (Å²) in [4.78, 5) is 5.34. The van der Waals surface area contributed by atoms with E-state index in [4.69, 9.17) is 16.7 Å². The summed E-state index contributed by atoms with van der Waals surface area (Å²) in [6.45, 7) is -1.08. The quantitative estimate of drug-likeness (QED) is 0.785. The largest absolute Gasteiger partial charge is 0.401 e. The van der Waals surface area contributed by atoms with Crippen molar-refractivity contribution in [2.75, 3.05) is 26.2 Å². The normalized spacial score (nSPS) is 12.3. The molecule has 0 aliphatic rings. The number of halogens is 4. The van der Waals surface area contributed by atoms with Crippen molar-refractivity contribution in [1.82, 2.24) is 9.88 Å². The number of aliphatic hydroxyl groups is 1. The molecule has 1 aromatic heterocycles. The van der Waals surface area contributed by atoms with Gasteiger partial charge in [-0.25, -0.2) is 4.98 Å². The molecule has 1 heterocycles. The van der Waals surface area contributed by atoms with Crippen molar-refractivity contribution in [1.29, 1.82) is 0 Å². The van der Waals surface area contributed by atoms with Gasteiger partial charge in [-0.15, -0.1) is 22.9 Å². The van der Waals surface area contributed by atoms with Crippen LogP contribution in [-0.2, 0) is 12.3 Å². The molecule has 8 heteroatoms. The topological polar surface area (TPSA) is 36.4 Å². The Kier molecular flexibility index (Phi) is 6.34. The predicted octanol–water partition coefficient (Wildman–Crippen LogP) is 2.28. The van der Waals surface area contributed by atoms with Crippen molar-refractivity contribution in [3.05, 3.63) is 16.1 Å². The van der Waals surface area contributed by atoms with Crippen LogP contribution in [0.5, 0.6) is 0 Å². The van der Waals surface area contributed by atoms with E-state index in [1.165, 1.54) is 16.2 Å². The molecule has 0 bridgehead atoms. The zero-order valence-electron chi connectivity index (χ0n) is 9.58. The van der Waals surface area contributed by atoms with Crippen molar-refractivity contribution in [3.63, 3.8) is 0 Å². The Labute approximate surface area is 112 Å². The van der Waals surface area contributed by atoms with Gasteiger partial charge < -0.3 is 5.11 Å². The minimum Gasteiger partial charge on any atom is -0.395 e. The summed E-state index contributed by atoms with van der Waals surface area (Å²) in [6, 6.07) is 0. The maximum absolute atomic E-state index is 12.3. The lowest BCUT2D eigenvalue weighted by molar-refractivity contribution is -0.146. The van der Waals surface area contributed by atoms with E-state index in [1.807, 2.05) is 0 Å². The summed E-state index contributed by atoms with van der Waals surface area (Å²) in [5, 5.41) is 11.3. The Hall–Kier alpha value is -0.370. The molecule has 1 N–H and O–H groups in total. The van der Waals surface area contributed by atoms with E-state index < -0.39 is 12.7 Å². The minimum atomic E-state index is -4.25. The lowest BCUT2D eigenvalue weighted by Gasteiger charge is -2.22. The molecule has 0 atom stereocenters. The summed E-state index contributed by atoms with van der Waals surface area (Å²) in [5.74, 6) is 0.305. The lowest BCUT2D eigenvalue weighted by atomic mass is 10.3. The molecule has 3 nitrogen and oxygen atoms in total. The third kappa shape index (κ3) is 5.99. The van der Waals surface area contributed by atoms with E-state index in [0.717, 1.165) is 10.7 Å². The molecule has 0 fully saturated rings. The second-order valence-electron chi connectivity index (χ2n) is 3.73. The van der Waals surface area contributed by atoms with Crippen LogP contribution in [0.15, 0.2) is 5.38 Å². The number of aliphatic hydroxyl groups excluding tert-OH is 1. The monoisotopic (exact) mass is 302 g/mol. The van der Waals surface area contributed by atoms with Gasteiger partial charge in [0.15, 0.2) is 0 Å². The Bertz CT molecular complexity index is 359. The fourth-order valence-electron chi connectivity index (χ4n) is 1.44. The van der Waals surface area contributed by atoms with Gasteiger partial charge >= 0.3 is 6.18 Å². The first-order valence-electron chi connectivity index (χ1n) is 5.34. The number of alkyl halides is 4. The molecule has 1 rings (SSSR count). The van der Waals surface area contributed by atoms with Gasteiger partial charge in [-0.1, -0.05) is 0 Å². The second kappa shape index (κ2) is 7.28. The molecule has 0 saturated carbocycles. The predicted molar refractivity (Wildman–Crippen MR) is 65.0 cm³/mol. The van der Waals surface area contributed by atoms with E-state index in [-0.39, 0.29) is 19.7 Å². The Morgan fingerprint density at radius 2 is 2.11 bits per heavy atom. The summed E-state index contributed by atoms with van der Waals surface area (Å²) in [6.07, 6.45) is -3.82. The summed E-state index contributed by atoms with van der Waals surface area (Å²) < 4.78 is 36.8. The van der Waals surface area contributed by atoms with Crippen LogP contribution in [-0.4, -0.2) is 47.4 Å². The fourth-order valence-corrected chi connectivity index (χ4v) is 2.46. The molecule has 0 radical (unpaired) electrons. The highest BCUT2D eigenvalue weighted by Gasteiger charge is 2.30. The van der Waals surface area contributed by atoms with E-state index in [9.17, 15) is 13.2 Å². The van der Waals surface area contributed by atoms with E-state index in [0.29, 0.717) is 12.3 Å². The van der Waals surface area contributed by atoms with E-state index >= 15 is 0 Å². The number of hydrogen-bond acceptors (Lipinski definition) is 4. The van der Waals surface area contributed by atoms with E-state index in [2.05, 4.69) is 4.98 Å². The maximum Gasteiger partial charge on any atom is 0.401 e. The fraction of sp³-hybridized carbons (Fsp3) is 0.700. The van der Waals surface area contributed by atoms with Gasteiger partial charge in [0.2, 0.25) is 0 Å². The molecule has 0 amide bonds. The van der Waals surface area contributed by atoms with Gasteiger partial charge in [-0.05, 0) is 0 Å². The Balaban J connectivity index is 2.46. The van der Waals surface area contributed by atoms with Crippen molar-refractivity contribution in [2.24, 2.45) is 0 Å². The number of aromatic nitrogens is 1. The van der Waals surface area contributed by atoms with Crippen molar-refractivity contribution in [2.45, 2.75) is 18.5 Å². The molecular weight excluding hydrogens is 289 g/mol. The first-order valence-corrected chi connectivity index (χ1v) is 6.75. The van der Waals surface area contributed by atoms with Gasteiger partial charge in [-0.3, -0.25) is 4.90 Å². The zero-order valence-corrected chi connectivity index (χ0v) is 11.2. The first kappa shape index (κ1) is 15.7. The molecule has 0 aliphatic heterocycles. The van der Waals surface area contributed by atoms with Crippen LogP contribution in [0.4, 0.5) is 13.2 Å². The number of hydrogen-bond donors (Lipinski definition) is 1. The molecule has 0 aromatic carbocycles. The summed E-state index contributed by atoms with van der Waals surface area (Å²) in [7, 11) is 0. The zero-order chi connectivity index (χ0) is 13.6. The first-order chi connectivity index (χ1) is 8.44. The van der Waals surface area contributed by atoms with Crippen LogP contribution in [0, 0.1) is 0 Å². The molecule has 0 spiro atoms. The van der Waals surface area contributed by atoms with Crippen LogP contribution < -0.4 is 0 Å². The molecule has 104 valence electrons. The molecule has 18 heavy (non-hydrogen) atoms. The van der Waals surface area contributed by atoms with Gasteiger partial charge in [0.1, 0.15) is 0 Å². The molecule has 0 unspecified atom stereocenters. The van der Waals surface area contributed by atoms with Gasteiger partial charge in [-0.2, -0.15) is 13.2 Å². The molecule has 1 aromatic rings. The highest BCUT2D eigenvalue weighted by Crippen LogP contribution is 2.17. The molecule has 0 saturated heterocycles. The smallest absolute Gasteiger partial charge is 0.395 e. The van der Waals surface area contributed by atoms with Crippen molar-refractivity contribution >= 4 is 22.9 Å². The standard InChI is InChI=1S/C10H14ClF3N2OS/c11-5-8-6-18-9(15-8)1-2-16(3-4-17)7-10(12,13)14/h6,17H,1-5,7H2. The Morgan fingerprint density at radius 1 is 1.39 bits per heavy atom. The van der Waals surface area contributed by atoms with Crippen LogP contribution in [0.1, 0.15) is 10.7 Å². The molecular formula is C10H14ClF3N2OS. The summed E-state index contributed by atoms with van der Waals surface area (Å²) >= 11 is 6.98. The second-order valence-corrected chi connectivity index (χ2v) is 4.94. The van der Waals surface area contributed by atoms with Gasteiger partial charge in [0.25, 0.3) is 0 Å². The third-order valence-electron chi connectivity index (χ3n) is 2.20. The average Bonchev–Trinajstić information content (AvgIpc) is 2.72. The van der Waals surface area contributed by atoms with Gasteiger partial charge in [0.05, 0.1) is 29.7 Å². The van der Waals surface area contributed by atoms with Crippen LogP contribution in [0.25, 0.3) is 0 Å². The van der Waals surface area contributed by atoms with E-state index in [1.54, 1.807) is 5.38 Å². The SMILES string of the molecule is OCCN(CCc1nc(CCl)cs1)CC(F)(F)F. The van der Waals surface area contributed by atoms with Gasteiger partial charge in [0, 0.05) is 24.9 Å². The maximum atomic E-state index is 12.3. The summed E-state index contributed by atoms with van der Waals surface area (Å²) in [5.41, 5.74) is 0.737. The number of rotatable bonds is 7. The van der Waals surface area contributed by atoms with Crippen molar-refractivity contribution < 1.29 is 18.3 Å². The minimum absolute atomic E-state index is 0.00719. The number of thiazole rings is 1. The number of nitrogens with zero attached hydrogens (tertiary/aromatic N) is 2.